The molecule has 4 nitrogen and oxygen atoms in total. The van der Waals surface area contributed by atoms with Crippen molar-refractivity contribution in [3.8, 4) is 0 Å². The van der Waals surface area contributed by atoms with Gasteiger partial charge in [0.25, 0.3) is 0 Å². The third kappa shape index (κ3) is 2.92. The maximum Gasteiger partial charge on any atom is 0.240 e. The SMILES string of the molecule is CCC(CC)NC(=O)Cn1cnc2c1CCCC2. The second kappa shape index (κ2) is 6.03. The number of carbonyl (C=O) groups excluding carboxylic acids is 1. The van der Waals surface area contributed by atoms with Gasteiger partial charge in [0, 0.05) is 11.7 Å². The quantitative estimate of drug-likeness (QED) is 0.868. The van der Waals surface area contributed by atoms with Crippen molar-refractivity contribution in [2.75, 3.05) is 0 Å². The van der Waals surface area contributed by atoms with Crippen molar-refractivity contribution < 1.29 is 4.79 Å². The molecule has 0 bridgehead atoms. The molecule has 0 radical (unpaired) electrons. The minimum absolute atomic E-state index is 0.106. The van der Waals surface area contributed by atoms with Gasteiger partial charge in [0.1, 0.15) is 6.54 Å². The highest BCUT2D eigenvalue weighted by Crippen LogP contribution is 2.19. The number of imidazole rings is 1. The summed E-state index contributed by atoms with van der Waals surface area (Å²) >= 11 is 0. The van der Waals surface area contributed by atoms with E-state index < -0.39 is 0 Å². The van der Waals surface area contributed by atoms with E-state index in [0.717, 1.165) is 25.7 Å². The molecule has 0 saturated heterocycles. The van der Waals surface area contributed by atoms with Crippen LogP contribution in [-0.4, -0.2) is 21.5 Å². The first-order valence-corrected chi connectivity index (χ1v) is 7.06. The van der Waals surface area contributed by atoms with Gasteiger partial charge >= 0.3 is 0 Å². The maximum absolute atomic E-state index is 12.0. The molecule has 0 aliphatic heterocycles. The molecule has 1 aromatic rings. The number of aryl methyl sites for hydroxylation is 1. The number of amides is 1. The zero-order chi connectivity index (χ0) is 13.0. The molecule has 18 heavy (non-hydrogen) atoms. The van der Waals surface area contributed by atoms with Gasteiger partial charge in [-0.05, 0) is 38.5 Å². The predicted molar refractivity (Wildman–Crippen MR) is 71.4 cm³/mol. The Balaban J connectivity index is 1.97. The third-order valence-corrected chi connectivity index (χ3v) is 3.77. The van der Waals surface area contributed by atoms with E-state index in [1.165, 1.54) is 24.2 Å². The van der Waals surface area contributed by atoms with Gasteiger partial charge in [0.15, 0.2) is 0 Å². The summed E-state index contributed by atoms with van der Waals surface area (Å²) in [6.07, 6.45) is 8.37. The summed E-state index contributed by atoms with van der Waals surface area (Å²) in [5, 5.41) is 3.07. The number of rotatable bonds is 5. The predicted octanol–water partition coefficient (Wildman–Crippen LogP) is 2.07. The highest BCUT2D eigenvalue weighted by molar-refractivity contribution is 5.76. The molecule has 2 rings (SSSR count). The molecular weight excluding hydrogens is 226 g/mol. The van der Waals surface area contributed by atoms with Crippen LogP contribution < -0.4 is 5.32 Å². The number of carbonyl (C=O) groups is 1. The lowest BCUT2D eigenvalue weighted by Crippen LogP contribution is -2.36. The Hall–Kier alpha value is -1.32. The number of hydrogen-bond donors (Lipinski definition) is 1. The molecule has 1 aliphatic carbocycles. The normalized spacial score (nSPS) is 14.6. The monoisotopic (exact) mass is 249 g/mol. The van der Waals surface area contributed by atoms with E-state index in [4.69, 9.17) is 0 Å². The summed E-state index contributed by atoms with van der Waals surface area (Å²) < 4.78 is 2.02. The standard InChI is InChI=1S/C14H23N3O/c1-3-11(4-2)16-14(18)9-17-10-15-12-7-5-6-8-13(12)17/h10-11H,3-9H2,1-2H3,(H,16,18). The van der Waals surface area contributed by atoms with Gasteiger partial charge in [-0.3, -0.25) is 4.79 Å². The Labute approximate surface area is 109 Å². The highest BCUT2D eigenvalue weighted by Gasteiger charge is 2.17. The summed E-state index contributed by atoms with van der Waals surface area (Å²) in [5.74, 6) is 0.106. The Morgan fingerprint density at radius 3 is 2.83 bits per heavy atom. The van der Waals surface area contributed by atoms with E-state index in [-0.39, 0.29) is 5.91 Å². The fourth-order valence-corrected chi connectivity index (χ4v) is 2.59. The minimum atomic E-state index is 0.106. The van der Waals surface area contributed by atoms with Crippen LogP contribution in [-0.2, 0) is 24.2 Å². The first-order chi connectivity index (χ1) is 8.74. The largest absolute Gasteiger partial charge is 0.352 e. The van der Waals surface area contributed by atoms with Crippen LogP contribution in [0.25, 0.3) is 0 Å². The fraction of sp³-hybridized carbons (Fsp3) is 0.714. The molecule has 1 aliphatic rings. The van der Waals surface area contributed by atoms with E-state index in [1.54, 1.807) is 0 Å². The van der Waals surface area contributed by atoms with Crippen LogP contribution in [0.4, 0.5) is 0 Å². The summed E-state index contributed by atoms with van der Waals surface area (Å²) in [6.45, 7) is 4.62. The van der Waals surface area contributed by atoms with Crippen molar-refractivity contribution in [3.63, 3.8) is 0 Å². The lowest BCUT2D eigenvalue weighted by atomic mass is 10.0. The molecule has 0 saturated carbocycles. The van der Waals surface area contributed by atoms with E-state index in [0.29, 0.717) is 12.6 Å². The average molecular weight is 249 g/mol. The van der Waals surface area contributed by atoms with E-state index in [2.05, 4.69) is 24.1 Å². The van der Waals surface area contributed by atoms with E-state index in [1.807, 2.05) is 10.9 Å². The molecule has 1 amide bonds. The fourth-order valence-electron chi connectivity index (χ4n) is 2.59. The molecular formula is C14H23N3O. The van der Waals surface area contributed by atoms with Crippen molar-refractivity contribution in [1.29, 1.82) is 0 Å². The molecule has 0 aromatic carbocycles. The molecule has 4 heteroatoms. The summed E-state index contributed by atoms with van der Waals surface area (Å²) in [6, 6.07) is 0.303. The number of fused-ring (bicyclic) bond motifs is 1. The Bertz CT molecular complexity index is 407. The van der Waals surface area contributed by atoms with Gasteiger partial charge in [0.2, 0.25) is 5.91 Å². The molecule has 1 heterocycles. The molecule has 100 valence electrons. The van der Waals surface area contributed by atoms with Gasteiger partial charge in [-0.2, -0.15) is 0 Å². The second-order valence-electron chi connectivity index (χ2n) is 5.05. The smallest absolute Gasteiger partial charge is 0.240 e. The van der Waals surface area contributed by atoms with E-state index >= 15 is 0 Å². The summed E-state index contributed by atoms with van der Waals surface area (Å²) in [7, 11) is 0. The Kier molecular flexibility index (Phi) is 4.39. The average Bonchev–Trinajstić information content (AvgIpc) is 2.79. The van der Waals surface area contributed by atoms with Crippen LogP contribution in [0, 0.1) is 0 Å². The zero-order valence-corrected chi connectivity index (χ0v) is 11.4. The zero-order valence-electron chi connectivity index (χ0n) is 11.4. The highest BCUT2D eigenvalue weighted by atomic mass is 16.2. The summed E-state index contributed by atoms with van der Waals surface area (Å²) in [5.41, 5.74) is 2.46. The van der Waals surface area contributed by atoms with Crippen LogP contribution >= 0.6 is 0 Å². The molecule has 1 N–H and O–H groups in total. The lowest BCUT2D eigenvalue weighted by molar-refractivity contribution is -0.122. The number of nitrogens with one attached hydrogen (secondary N) is 1. The Morgan fingerprint density at radius 2 is 2.11 bits per heavy atom. The van der Waals surface area contributed by atoms with Gasteiger partial charge < -0.3 is 9.88 Å². The first kappa shape index (κ1) is 13.1. The summed E-state index contributed by atoms with van der Waals surface area (Å²) in [4.78, 5) is 16.4. The van der Waals surface area contributed by atoms with Crippen molar-refractivity contribution in [3.05, 3.63) is 17.7 Å². The van der Waals surface area contributed by atoms with Gasteiger partial charge in [-0.25, -0.2) is 4.98 Å². The van der Waals surface area contributed by atoms with Crippen molar-refractivity contribution >= 4 is 5.91 Å². The van der Waals surface area contributed by atoms with E-state index in [9.17, 15) is 4.79 Å². The minimum Gasteiger partial charge on any atom is -0.352 e. The number of nitrogens with zero attached hydrogens (tertiary/aromatic N) is 2. The Morgan fingerprint density at radius 1 is 1.39 bits per heavy atom. The molecule has 0 unspecified atom stereocenters. The second-order valence-corrected chi connectivity index (χ2v) is 5.05. The molecule has 0 fully saturated rings. The van der Waals surface area contributed by atoms with Crippen LogP contribution in [0.5, 0.6) is 0 Å². The topological polar surface area (TPSA) is 46.9 Å². The van der Waals surface area contributed by atoms with Gasteiger partial charge in [0.05, 0.1) is 12.0 Å². The van der Waals surface area contributed by atoms with Crippen molar-refractivity contribution in [2.45, 2.75) is 65.0 Å². The van der Waals surface area contributed by atoms with Crippen molar-refractivity contribution in [2.24, 2.45) is 0 Å². The lowest BCUT2D eigenvalue weighted by Gasteiger charge is -2.17. The number of aromatic nitrogens is 2. The van der Waals surface area contributed by atoms with Crippen LogP contribution in [0.15, 0.2) is 6.33 Å². The van der Waals surface area contributed by atoms with Crippen LogP contribution in [0.1, 0.15) is 50.9 Å². The maximum atomic E-state index is 12.0. The van der Waals surface area contributed by atoms with Crippen LogP contribution in [0.2, 0.25) is 0 Å². The molecule has 1 aromatic heterocycles. The number of hydrogen-bond acceptors (Lipinski definition) is 2. The molecule has 0 atom stereocenters. The molecule has 0 spiro atoms. The van der Waals surface area contributed by atoms with Crippen molar-refractivity contribution in [1.82, 2.24) is 14.9 Å². The van der Waals surface area contributed by atoms with Gasteiger partial charge in [-0.15, -0.1) is 0 Å². The van der Waals surface area contributed by atoms with Crippen LogP contribution in [0.3, 0.4) is 0 Å². The first-order valence-electron chi connectivity index (χ1n) is 7.06. The third-order valence-electron chi connectivity index (χ3n) is 3.77. The van der Waals surface area contributed by atoms with Gasteiger partial charge in [-0.1, -0.05) is 13.8 Å².